The van der Waals surface area contributed by atoms with Gasteiger partial charge in [0.2, 0.25) is 0 Å². The lowest BCUT2D eigenvalue weighted by molar-refractivity contribution is 0.218. The van der Waals surface area contributed by atoms with Crippen LogP contribution in [0.15, 0.2) is 0 Å². The second-order valence-electron chi connectivity index (χ2n) is 3.58. The minimum Gasteiger partial charge on any atom is -0.329 e. The van der Waals surface area contributed by atoms with Gasteiger partial charge in [-0.25, -0.2) is 0 Å². The number of nitrogens with zero attached hydrogens (tertiary/aromatic N) is 1. The average molecular weight is 156 g/mol. The van der Waals surface area contributed by atoms with E-state index in [0.717, 1.165) is 25.0 Å². The first-order valence-electron chi connectivity index (χ1n) is 4.70. The number of nitrogens with two attached hydrogens (primary N) is 1. The summed E-state index contributed by atoms with van der Waals surface area (Å²) in [4.78, 5) is 2.41. The Morgan fingerprint density at radius 3 is 2.55 bits per heavy atom. The van der Waals surface area contributed by atoms with E-state index in [4.69, 9.17) is 5.73 Å². The van der Waals surface area contributed by atoms with Crippen LogP contribution in [0.2, 0.25) is 0 Å². The third-order valence-corrected chi connectivity index (χ3v) is 2.63. The average Bonchev–Trinajstić information content (AvgIpc) is 2.73. The SMILES string of the molecule is CCC(C1CC1)N(C)CCN. The Morgan fingerprint density at radius 2 is 2.18 bits per heavy atom. The number of rotatable bonds is 5. The van der Waals surface area contributed by atoms with Crippen molar-refractivity contribution < 1.29 is 0 Å². The van der Waals surface area contributed by atoms with Crippen LogP contribution in [-0.4, -0.2) is 31.1 Å². The summed E-state index contributed by atoms with van der Waals surface area (Å²) in [6.07, 6.45) is 4.15. The van der Waals surface area contributed by atoms with Crippen LogP contribution in [0.1, 0.15) is 26.2 Å². The second kappa shape index (κ2) is 4.07. The van der Waals surface area contributed by atoms with Crippen LogP contribution in [0.4, 0.5) is 0 Å². The van der Waals surface area contributed by atoms with E-state index in [1.807, 2.05) is 0 Å². The van der Waals surface area contributed by atoms with Crippen molar-refractivity contribution >= 4 is 0 Å². The molecular weight excluding hydrogens is 136 g/mol. The molecule has 1 fully saturated rings. The van der Waals surface area contributed by atoms with Crippen LogP contribution >= 0.6 is 0 Å². The first-order valence-corrected chi connectivity index (χ1v) is 4.70. The molecule has 2 nitrogen and oxygen atoms in total. The van der Waals surface area contributed by atoms with Gasteiger partial charge in [-0.3, -0.25) is 0 Å². The molecule has 0 spiro atoms. The topological polar surface area (TPSA) is 29.3 Å². The second-order valence-corrected chi connectivity index (χ2v) is 3.58. The first kappa shape index (κ1) is 9.01. The van der Waals surface area contributed by atoms with Crippen molar-refractivity contribution in [2.45, 2.75) is 32.2 Å². The van der Waals surface area contributed by atoms with Crippen LogP contribution in [0.5, 0.6) is 0 Å². The van der Waals surface area contributed by atoms with Crippen molar-refractivity contribution in [3.05, 3.63) is 0 Å². The van der Waals surface area contributed by atoms with Gasteiger partial charge >= 0.3 is 0 Å². The molecule has 0 aromatic rings. The maximum absolute atomic E-state index is 5.50. The van der Waals surface area contributed by atoms with Crippen molar-refractivity contribution in [3.63, 3.8) is 0 Å². The van der Waals surface area contributed by atoms with Crippen molar-refractivity contribution in [2.24, 2.45) is 11.7 Å². The Hall–Kier alpha value is -0.0800. The molecule has 1 unspecified atom stereocenters. The zero-order valence-electron chi connectivity index (χ0n) is 7.71. The molecule has 0 aromatic carbocycles. The fraction of sp³-hybridized carbons (Fsp3) is 1.00. The number of hydrogen-bond acceptors (Lipinski definition) is 2. The van der Waals surface area contributed by atoms with Crippen LogP contribution in [0, 0.1) is 5.92 Å². The van der Waals surface area contributed by atoms with Crippen molar-refractivity contribution in [3.8, 4) is 0 Å². The molecule has 1 rings (SSSR count). The van der Waals surface area contributed by atoms with E-state index in [1.165, 1.54) is 19.3 Å². The van der Waals surface area contributed by atoms with Gasteiger partial charge in [0.05, 0.1) is 0 Å². The molecule has 66 valence electrons. The predicted octanol–water partition coefficient (Wildman–Crippen LogP) is 1.07. The molecule has 2 N–H and O–H groups in total. The molecule has 1 aliphatic rings. The molecule has 0 heterocycles. The van der Waals surface area contributed by atoms with Gasteiger partial charge in [-0.05, 0) is 32.2 Å². The summed E-state index contributed by atoms with van der Waals surface area (Å²) in [6.45, 7) is 4.12. The summed E-state index contributed by atoms with van der Waals surface area (Å²) in [5.41, 5.74) is 5.50. The summed E-state index contributed by atoms with van der Waals surface area (Å²) in [5, 5.41) is 0. The van der Waals surface area contributed by atoms with Gasteiger partial charge in [-0.1, -0.05) is 6.92 Å². The van der Waals surface area contributed by atoms with Crippen LogP contribution in [0.25, 0.3) is 0 Å². The molecule has 2 heteroatoms. The zero-order chi connectivity index (χ0) is 8.27. The molecule has 0 aromatic heterocycles. The lowest BCUT2D eigenvalue weighted by Crippen LogP contribution is -2.36. The molecular formula is C9H20N2. The van der Waals surface area contributed by atoms with Crippen molar-refractivity contribution in [1.29, 1.82) is 0 Å². The van der Waals surface area contributed by atoms with Gasteiger partial charge in [0.25, 0.3) is 0 Å². The van der Waals surface area contributed by atoms with Gasteiger partial charge in [0.15, 0.2) is 0 Å². The summed E-state index contributed by atoms with van der Waals surface area (Å²) in [5.74, 6) is 0.983. The summed E-state index contributed by atoms with van der Waals surface area (Å²) >= 11 is 0. The normalized spacial score (nSPS) is 20.7. The Balaban J connectivity index is 2.27. The van der Waals surface area contributed by atoms with E-state index in [-0.39, 0.29) is 0 Å². The van der Waals surface area contributed by atoms with E-state index in [1.54, 1.807) is 0 Å². The quantitative estimate of drug-likeness (QED) is 0.645. The summed E-state index contributed by atoms with van der Waals surface area (Å²) < 4.78 is 0. The lowest BCUT2D eigenvalue weighted by Gasteiger charge is -2.26. The number of hydrogen-bond donors (Lipinski definition) is 1. The Labute approximate surface area is 69.8 Å². The minimum absolute atomic E-state index is 0.791. The van der Waals surface area contributed by atoms with Crippen molar-refractivity contribution in [2.75, 3.05) is 20.1 Å². The molecule has 0 bridgehead atoms. The maximum atomic E-state index is 5.50. The Morgan fingerprint density at radius 1 is 1.55 bits per heavy atom. The summed E-state index contributed by atoms with van der Waals surface area (Å²) in [7, 11) is 2.19. The van der Waals surface area contributed by atoms with Gasteiger partial charge < -0.3 is 10.6 Å². The maximum Gasteiger partial charge on any atom is 0.0118 e. The minimum atomic E-state index is 0.791. The standard InChI is InChI=1S/C9H20N2/c1-3-9(8-4-5-8)11(2)7-6-10/h8-9H,3-7,10H2,1-2H3. The van der Waals surface area contributed by atoms with E-state index in [0.29, 0.717) is 0 Å². The third-order valence-electron chi connectivity index (χ3n) is 2.63. The van der Waals surface area contributed by atoms with Gasteiger partial charge in [0, 0.05) is 19.1 Å². The predicted molar refractivity (Wildman–Crippen MR) is 48.5 cm³/mol. The molecule has 0 aliphatic heterocycles. The van der Waals surface area contributed by atoms with Crippen molar-refractivity contribution in [1.82, 2.24) is 4.90 Å². The Kier molecular flexibility index (Phi) is 3.34. The fourth-order valence-electron chi connectivity index (χ4n) is 1.86. The molecule has 0 saturated heterocycles. The van der Waals surface area contributed by atoms with Crippen LogP contribution < -0.4 is 5.73 Å². The van der Waals surface area contributed by atoms with Crippen LogP contribution in [0.3, 0.4) is 0 Å². The highest BCUT2D eigenvalue weighted by atomic mass is 15.1. The monoisotopic (exact) mass is 156 g/mol. The third kappa shape index (κ3) is 2.46. The van der Waals surface area contributed by atoms with Crippen LogP contribution in [-0.2, 0) is 0 Å². The first-order chi connectivity index (χ1) is 5.29. The summed E-state index contributed by atoms with van der Waals surface area (Å²) in [6, 6.07) is 0.804. The molecule has 0 radical (unpaired) electrons. The molecule has 0 amide bonds. The van der Waals surface area contributed by atoms with Gasteiger partial charge in [0.1, 0.15) is 0 Å². The van der Waals surface area contributed by atoms with E-state index >= 15 is 0 Å². The zero-order valence-corrected chi connectivity index (χ0v) is 7.71. The highest BCUT2D eigenvalue weighted by Crippen LogP contribution is 2.36. The highest BCUT2D eigenvalue weighted by molar-refractivity contribution is 4.86. The Bertz CT molecular complexity index is 110. The molecule has 1 saturated carbocycles. The fourth-order valence-corrected chi connectivity index (χ4v) is 1.86. The molecule has 1 aliphatic carbocycles. The molecule has 1 atom stereocenters. The highest BCUT2D eigenvalue weighted by Gasteiger charge is 2.31. The van der Waals surface area contributed by atoms with E-state index in [9.17, 15) is 0 Å². The van der Waals surface area contributed by atoms with E-state index in [2.05, 4.69) is 18.9 Å². The van der Waals surface area contributed by atoms with Gasteiger partial charge in [-0.2, -0.15) is 0 Å². The van der Waals surface area contributed by atoms with Gasteiger partial charge in [-0.15, -0.1) is 0 Å². The van der Waals surface area contributed by atoms with E-state index < -0.39 is 0 Å². The molecule has 11 heavy (non-hydrogen) atoms. The lowest BCUT2D eigenvalue weighted by atomic mass is 10.1. The largest absolute Gasteiger partial charge is 0.329 e. The number of likely N-dealkylation sites (N-methyl/N-ethyl adjacent to an activating group) is 1. The smallest absolute Gasteiger partial charge is 0.0118 e.